The smallest absolute Gasteiger partial charge is 0.255 e. The van der Waals surface area contributed by atoms with Crippen LogP contribution in [0.15, 0.2) is 58.3 Å². The molecular weight excluding hydrogens is 466 g/mol. The number of carbonyl (C=O) groups is 1. The Bertz CT molecular complexity index is 1180. The number of sulfonamides is 2. The summed E-state index contributed by atoms with van der Waals surface area (Å²) in [5.74, 6) is -0.416. The average molecular weight is 494 g/mol. The summed E-state index contributed by atoms with van der Waals surface area (Å²) in [5, 5.41) is 2.71. The number of anilines is 1. The zero-order valence-electron chi connectivity index (χ0n) is 18.1. The van der Waals surface area contributed by atoms with Gasteiger partial charge >= 0.3 is 0 Å². The van der Waals surface area contributed by atoms with Crippen LogP contribution in [0, 0.1) is 0 Å². The van der Waals surface area contributed by atoms with E-state index in [-0.39, 0.29) is 9.79 Å². The number of piperidine rings is 1. The van der Waals surface area contributed by atoms with Crippen molar-refractivity contribution in [3.8, 4) is 0 Å². The van der Waals surface area contributed by atoms with Crippen molar-refractivity contribution in [3.63, 3.8) is 0 Å². The van der Waals surface area contributed by atoms with Crippen molar-refractivity contribution < 1.29 is 26.4 Å². The Balaban J connectivity index is 1.42. The van der Waals surface area contributed by atoms with Gasteiger partial charge in [0.2, 0.25) is 20.0 Å². The van der Waals surface area contributed by atoms with Crippen LogP contribution >= 0.6 is 0 Å². The Morgan fingerprint density at radius 3 is 1.73 bits per heavy atom. The molecule has 0 aliphatic carbocycles. The molecule has 0 atom stereocenters. The Hall–Kier alpha value is -2.31. The fraction of sp³-hybridized carbons (Fsp3) is 0.409. The molecule has 178 valence electrons. The fourth-order valence-corrected chi connectivity index (χ4v) is 6.81. The van der Waals surface area contributed by atoms with Crippen LogP contribution in [0.3, 0.4) is 0 Å². The van der Waals surface area contributed by atoms with E-state index in [9.17, 15) is 21.6 Å². The maximum absolute atomic E-state index is 12.8. The third kappa shape index (κ3) is 5.28. The molecular formula is C22H27N3O6S2. The molecule has 33 heavy (non-hydrogen) atoms. The molecule has 4 rings (SSSR count). The van der Waals surface area contributed by atoms with E-state index in [1.54, 1.807) is 0 Å². The van der Waals surface area contributed by atoms with Crippen molar-refractivity contribution in [2.75, 3.05) is 44.7 Å². The predicted molar refractivity (Wildman–Crippen MR) is 123 cm³/mol. The molecule has 2 aromatic rings. The van der Waals surface area contributed by atoms with Crippen molar-refractivity contribution in [2.45, 2.75) is 29.1 Å². The lowest BCUT2D eigenvalue weighted by Crippen LogP contribution is -2.40. The first-order valence-electron chi connectivity index (χ1n) is 10.9. The van der Waals surface area contributed by atoms with Gasteiger partial charge in [-0.25, -0.2) is 16.8 Å². The van der Waals surface area contributed by atoms with Crippen LogP contribution in [0.25, 0.3) is 0 Å². The summed E-state index contributed by atoms with van der Waals surface area (Å²) < 4.78 is 59.0. The van der Waals surface area contributed by atoms with Gasteiger partial charge in [-0.1, -0.05) is 6.42 Å². The molecule has 0 bridgehead atoms. The Morgan fingerprint density at radius 2 is 1.18 bits per heavy atom. The third-order valence-electron chi connectivity index (χ3n) is 5.79. The van der Waals surface area contributed by atoms with Crippen molar-refractivity contribution in [1.82, 2.24) is 8.61 Å². The number of amides is 1. The Morgan fingerprint density at radius 1 is 0.697 bits per heavy atom. The van der Waals surface area contributed by atoms with Crippen molar-refractivity contribution >= 4 is 31.6 Å². The number of carbonyl (C=O) groups excluding carboxylic acids is 1. The van der Waals surface area contributed by atoms with Crippen LogP contribution < -0.4 is 5.32 Å². The van der Waals surface area contributed by atoms with Gasteiger partial charge in [0.15, 0.2) is 0 Å². The summed E-state index contributed by atoms with van der Waals surface area (Å²) in [6.07, 6.45) is 2.74. The summed E-state index contributed by atoms with van der Waals surface area (Å²) in [7, 11) is -7.17. The standard InChI is InChI=1S/C22H27N3O6S2/c26-22(18-4-8-20(9-5-18)32(27,28)24-12-2-1-3-13-24)23-19-6-10-21(11-7-19)33(29,30)25-14-16-31-17-15-25/h4-11H,1-3,12-17H2,(H,23,26). The molecule has 0 unspecified atom stereocenters. The van der Waals surface area contributed by atoms with Gasteiger partial charge in [-0.05, 0) is 61.4 Å². The van der Waals surface area contributed by atoms with Crippen LogP contribution in [-0.4, -0.2) is 70.7 Å². The second-order valence-electron chi connectivity index (χ2n) is 7.98. The third-order valence-corrected chi connectivity index (χ3v) is 9.62. The van der Waals surface area contributed by atoms with Gasteiger partial charge in [-0.2, -0.15) is 8.61 Å². The molecule has 9 nitrogen and oxygen atoms in total. The van der Waals surface area contributed by atoms with E-state index in [0.717, 1.165) is 19.3 Å². The lowest BCUT2D eigenvalue weighted by atomic mass is 10.2. The summed E-state index contributed by atoms with van der Waals surface area (Å²) in [6, 6.07) is 11.8. The van der Waals surface area contributed by atoms with Gasteiger partial charge in [0.05, 0.1) is 23.0 Å². The molecule has 0 spiro atoms. The summed E-state index contributed by atoms with van der Waals surface area (Å²) in [6.45, 7) is 2.38. The van der Waals surface area contributed by atoms with Crippen LogP contribution in [-0.2, 0) is 24.8 Å². The van der Waals surface area contributed by atoms with E-state index in [0.29, 0.717) is 50.6 Å². The maximum Gasteiger partial charge on any atom is 0.255 e. The normalized spacial score (nSPS) is 18.7. The van der Waals surface area contributed by atoms with Gasteiger partial charge in [0, 0.05) is 37.4 Å². The topological polar surface area (TPSA) is 113 Å². The van der Waals surface area contributed by atoms with Gasteiger partial charge in [0.1, 0.15) is 0 Å². The lowest BCUT2D eigenvalue weighted by molar-refractivity contribution is 0.0730. The monoisotopic (exact) mass is 493 g/mol. The zero-order chi connectivity index (χ0) is 23.5. The number of nitrogens with one attached hydrogen (secondary N) is 1. The van der Waals surface area contributed by atoms with Gasteiger partial charge < -0.3 is 10.1 Å². The molecule has 2 fully saturated rings. The van der Waals surface area contributed by atoms with E-state index >= 15 is 0 Å². The number of morpholine rings is 1. The average Bonchev–Trinajstić information content (AvgIpc) is 2.85. The van der Waals surface area contributed by atoms with Crippen LogP contribution in [0.4, 0.5) is 5.69 Å². The molecule has 11 heteroatoms. The molecule has 1 N–H and O–H groups in total. The van der Waals surface area contributed by atoms with Gasteiger partial charge in [-0.3, -0.25) is 4.79 Å². The van der Waals surface area contributed by atoms with E-state index in [4.69, 9.17) is 4.74 Å². The second-order valence-corrected chi connectivity index (χ2v) is 11.9. The molecule has 2 heterocycles. The highest BCUT2D eigenvalue weighted by atomic mass is 32.2. The van der Waals surface area contributed by atoms with Crippen molar-refractivity contribution in [1.29, 1.82) is 0 Å². The molecule has 2 aliphatic heterocycles. The first-order valence-corrected chi connectivity index (χ1v) is 13.8. The van der Waals surface area contributed by atoms with E-state index in [1.165, 1.54) is 57.1 Å². The van der Waals surface area contributed by atoms with Gasteiger partial charge in [-0.15, -0.1) is 0 Å². The van der Waals surface area contributed by atoms with E-state index < -0.39 is 26.0 Å². The van der Waals surface area contributed by atoms with Crippen LogP contribution in [0.1, 0.15) is 29.6 Å². The number of ether oxygens (including phenoxy) is 1. The second kappa shape index (κ2) is 9.90. The molecule has 2 aromatic carbocycles. The lowest BCUT2D eigenvalue weighted by Gasteiger charge is -2.26. The number of nitrogens with zero attached hydrogens (tertiary/aromatic N) is 2. The first-order chi connectivity index (χ1) is 15.8. The summed E-state index contributed by atoms with van der Waals surface area (Å²) in [5.41, 5.74) is 0.739. The Kier molecular flexibility index (Phi) is 7.15. The van der Waals surface area contributed by atoms with Crippen LogP contribution in [0.5, 0.6) is 0 Å². The van der Waals surface area contributed by atoms with Crippen molar-refractivity contribution in [2.24, 2.45) is 0 Å². The fourth-order valence-electron chi connectivity index (χ4n) is 3.88. The summed E-state index contributed by atoms with van der Waals surface area (Å²) in [4.78, 5) is 12.9. The maximum atomic E-state index is 12.8. The quantitative estimate of drug-likeness (QED) is 0.660. The molecule has 2 aliphatic rings. The molecule has 2 saturated heterocycles. The van der Waals surface area contributed by atoms with Crippen molar-refractivity contribution in [3.05, 3.63) is 54.1 Å². The molecule has 0 saturated carbocycles. The number of rotatable bonds is 6. The van der Waals surface area contributed by atoms with E-state index in [1.807, 2.05) is 0 Å². The minimum atomic E-state index is -3.61. The van der Waals surface area contributed by atoms with E-state index in [2.05, 4.69) is 5.32 Å². The van der Waals surface area contributed by atoms with Crippen LogP contribution in [0.2, 0.25) is 0 Å². The SMILES string of the molecule is O=C(Nc1ccc(S(=O)(=O)N2CCOCC2)cc1)c1ccc(S(=O)(=O)N2CCCCC2)cc1. The minimum Gasteiger partial charge on any atom is -0.379 e. The highest BCUT2D eigenvalue weighted by Crippen LogP contribution is 2.22. The number of hydrogen-bond donors (Lipinski definition) is 1. The molecule has 0 aromatic heterocycles. The number of hydrogen-bond acceptors (Lipinski definition) is 6. The highest BCUT2D eigenvalue weighted by Gasteiger charge is 2.27. The Labute approximate surface area is 194 Å². The number of benzene rings is 2. The molecule has 0 radical (unpaired) electrons. The predicted octanol–water partition coefficient (Wildman–Crippen LogP) is 2.13. The zero-order valence-corrected chi connectivity index (χ0v) is 19.8. The largest absolute Gasteiger partial charge is 0.379 e. The first kappa shape index (κ1) is 23.8. The highest BCUT2D eigenvalue weighted by molar-refractivity contribution is 7.89. The molecule has 1 amide bonds. The summed E-state index contributed by atoms with van der Waals surface area (Å²) >= 11 is 0. The van der Waals surface area contributed by atoms with Gasteiger partial charge in [0.25, 0.3) is 5.91 Å². The minimum absolute atomic E-state index is 0.148.